The van der Waals surface area contributed by atoms with Gasteiger partial charge in [0, 0.05) is 16.6 Å². The van der Waals surface area contributed by atoms with E-state index in [0.717, 1.165) is 27.6 Å². The molecular formula is C27H24N2O3. The lowest BCUT2D eigenvalue weighted by atomic mass is 10.0. The number of benzene rings is 3. The Balaban J connectivity index is 1.53. The van der Waals surface area contributed by atoms with Crippen molar-refractivity contribution in [2.45, 2.75) is 26.9 Å². The highest BCUT2D eigenvalue weighted by molar-refractivity contribution is 6.02. The van der Waals surface area contributed by atoms with Gasteiger partial charge in [0.05, 0.1) is 16.8 Å². The highest BCUT2D eigenvalue weighted by atomic mass is 16.5. The molecule has 4 rings (SSSR count). The Labute approximate surface area is 187 Å². The quantitative estimate of drug-likeness (QED) is 0.417. The predicted molar refractivity (Wildman–Crippen MR) is 127 cm³/mol. The van der Waals surface area contributed by atoms with Gasteiger partial charge < -0.3 is 10.1 Å². The number of esters is 1. The second-order valence-corrected chi connectivity index (χ2v) is 7.66. The molecule has 160 valence electrons. The number of nitrogens with zero attached hydrogens (tertiary/aromatic N) is 1. The van der Waals surface area contributed by atoms with Crippen LogP contribution in [0.1, 0.15) is 28.5 Å². The largest absolute Gasteiger partial charge is 0.449 e. The number of fused-ring (bicyclic) bond motifs is 1. The van der Waals surface area contributed by atoms with Crippen LogP contribution in [0.4, 0.5) is 5.69 Å². The Morgan fingerprint density at radius 3 is 2.31 bits per heavy atom. The van der Waals surface area contributed by atoms with E-state index >= 15 is 0 Å². The Morgan fingerprint density at radius 1 is 0.875 bits per heavy atom. The van der Waals surface area contributed by atoms with Crippen molar-refractivity contribution < 1.29 is 14.3 Å². The van der Waals surface area contributed by atoms with Crippen molar-refractivity contribution in [3.8, 4) is 11.1 Å². The maximum Gasteiger partial charge on any atom is 0.341 e. The maximum absolute atomic E-state index is 12.9. The van der Waals surface area contributed by atoms with E-state index in [0.29, 0.717) is 16.9 Å². The van der Waals surface area contributed by atoms with Crippen LogP contribution in [0.5, 0.6) is 0 Å². The lowest BCUT2D eigenvalue weighted by Crippen LogP contribution is -2.30. The summed E-state index contributed by atoms with van der Waals surface area (Å²) in [6, 6.07) is 25.0. The van der Waals surface area contributed by atoms with E-state index in [1.54, 1.807) is 13.8 Å². The van der Waals surface area contributed by atoms with Crippen molar-refractivity contribution in [1.82, 2.24) is 4.98 Å². The van der Waals surface area contributed by atoms with Crippen LogP contribution in [0.25, 0.3) is 22.0 Å². The Morgan fingerprint density at radius 2 is 1.53 bits per heavy atom. The minimum atomic E-state index is -0.975. The average Bonchev–Trinajstić information content (AvgIpc) is 2.80. The number of pyridine rings is 1. The van der Waals surface area contributed by atoms with Crippen molar-refractivity contribution in [2.75, 3.05) is 5.32 Å². The zero-order chi connectivity index (χ0) is 22.7. The summed E-state index contributed by atoms with van der Waals surface area (Å²) < 4.78 is 5.54. The number of amides is 1. The average molecular weight is 425 g/mol. The van der Waals surface area contributed by atoms with Crippen LogP contribution < -0.4 is 5.32 Å². The molecule has 32 heavy (non-hydrogen) atoms. The number of carbonyl (C=O) groups excluding carboxylic acids is 2. The molecule has 1 aromatic heterocycles. The first kappa shape index (κ1) is 21.2. The number of ether oxygens (including phenoxy) is 1. The molecule has 5 nitrogen and oxygen atoms in total. The van der Waals surface area contributed by atoms with E-state index in [2.05, 4.69) is 10.3 Å². The van der Waals surface area contributed by atoms with Crippen LogP contribution in [0.15, 0.2) is 78.9 Å². The van der Waals surface area contributed by atoms with Crippen LogP contribution in [0.3, 0.4) is 0 Å². The summed E-state index contributed by atoms with van der Waals surface area (Å²) in [5.41, 5.74) is 5.13. The van der Waals surface area contributed by atoms with E-state index in [4.69, 9.17) is 4.74 Å². The molecule has 1 N–H and O–H groups in total. The monoisotopic (exact) mass is 424 g/mol. The van der Waals surface area contributed by atoms with Gasteiger partial charge in [-0.3, -0.25) is 9.78 Å². The molecule has 1 atom stereocenters. The number of para-hydroxylation sites is 2. The molecule has 0 aliphatic rings. The number of aromatic nitrogens is 1. The number of anilines is 1. The predicted octanol–water partition coefficient (Wildman–Crippen LogP) is 5.70. The molecule has 0 radical (unpaired) electrons. The van der Waals surface area contributed by atoms with Gasteiger partial charge in [0.1, 0.15) is 0 Å². The van der Waals surface area contributed by atoms with Crippen molar-refractivity contribution in [1.29, 1.82) is 0 Å². The number of aryl methyl sites for hydroxylation is 2. The van der Waals surface area contributed by atoms with Crippen LogP contribution in [0, 0.1) is 13.8 Å². The summed E-state index contributed by atoms with van der Waals surface area (Å²) in [4.78, 5) is 30.3. The minimum absolute atomic E-state index is 0.396. The zero-order valence-corrected chi connectivity index (χ0v) is 18.3. The fourth-order valence-corrected chi connectivity index (χ4v) is 3.80. The summed E-state index contributed by atoms with van der Waals surface area (Å²) in [6.07, 6.45) is -0.975. The lowest BCUT2D eigenvalue weighted by Gasteiger charge is -2.17. The summed E-state index contributed by atoms with van der Waals surface area (Å²) in [5, 5.41) is 3.78. The Kier molecular flexibility index (Phi) is 5.99. The molecule has 0 bridgehead atoms. The molecule has 0 spiro atoms. The first-order chi connectivity index (χ1) is 15.5. The summed E-state index contributed by atoms with van der Waals surface area (Å²) in [7, 11) is 0. The Bertz CT molecular complexity index is 1300. The molecule has 1 amide bonds. The van der Waals surface area contributed by atoms with Crippen molar-refractivity contribution in [3.05, 3.63) is 95.7 Å². The number of hydrogen-bond acceptors (Lipinski definition) is 4. The van der Waals surface area contributed by atoms with Crippen molar-refractivity contribution in [2.24, 2.45) is 0 Å². The maximum atomic E-state index is 12.9. The lowest BCUT2D eigenvalue weighted by molar-refractivity contribution is -0.123. The topological polar surface area (TPSA) is 68.3 Å². The standard InChI is InChI=1S/C27H24N2O3/c1-17-21-13-7-9-15-23(21)28-18(2)25(17)27(31)32-19(3)26(30)29-24-16-10-8-14-22(24)20-11-5-4-6-12-20/h4-16,19H,1-3H3,(H,29,30). The van der Waals surface area contributed by atoms with Gasteiger partial charge in [0.25, 0.3) is 5.91 Å². The van der Waals surface area contributed by atoms with E-state index < -0.39 is 18.0 Å². The van der Waals surface area contributed by atoms with Gasteiger partial charge in [-0.25, -0.2) is 4.79 Å². The summed E-state index contributed by atoms with van der Waals surface area (Å²) in [5.74, 6) is -0.956. The molecule has 4 aromatic rings. The zero-order valence-electron chi connectivity index (χ0n) is 18.3. The Hall–Kier alpha value is -3.99. The second-order valence-electron chi connectivity index (χ2n) is 7.66. The van der Waals surface area contributed by atoms with Crippen molar-refractivity contribution >= 4 is 28.5 Å². The molecule has 3 aromatic carbocycles. The smallest absolute Gasteiger partial charge is 0.341 e. The first-order valence-electron chi connectivity index (χ1n) is 10.5. The summed E-state index contributed by atoms with van der Waals surface area (Å²) >= 11 is 0. The number of nitrogens with one attached hydrogen (secondary N) is 1. The highest BCUT2D eigenvalue weighted by Crippen LogP contribution is 2.28. The fraction of sp³-hybridized carbons (Fsp3) is 0.148. The molecule has 1 unspecified atom stereocenters. The first-order valence-corrected chi connectivity index (χ1v) is 10.5. The van der Waals surface area contributed by atoms with E-state index in [1.165, 1.54) is 0 Å². The third-order valence-electron chi connectivity index (χ3n) is 5.46. The molecule has 0 fully saturated rings. The van der Waals surface area contributed by atoms with Gasteiger partial charge in [-0.15, -0.1) is 0 Å². The minimum Gasteiger partial charge on any atom is -0.449 e. The molecule has 0 saturated carbocycles. The molecule has 1 heterocycles. The number of carbonyl (C=O) groups is 2. The summed E-state index contributed by atoms with van der Waals surface area (Å²) in [6.45, 7) is 5.21. The van der Waals surface area contributed by atoms with E-state index in [1.807, 2.05) is 85.8 Å². The van der Waals surface area contributed by atoms with Gasteiger partial charge in [-0.1, -0.05) is 66.7 Å². The molecule has 0 saturated heterocycles. The second kappa shape index (κ2) is 9.02. The van der Waals surface area contributed by atoms with Crippen LogP contribution in [-0.4, -0.2) is 23.0 Å². The molecule has 0 aliphatic heterocycles. The third kappa shape index (κ3) is 4.23. The van der Waals surface area contributed by atoms with Gasteiger partial charge >= 0.3 is 5.97 Å². The molecule has 5 heteroatoms. The van der Waals surface area contributed by atoms with Crippen molar-refractivity contribution in [3.63, 3.8) is 0 Å². The number of rotatable bonds is 5. The molecule has 0 aliphatic carbocycles. The van der Waals surface area contributed by atoms with E-state index in [-0.39, 0.29) is 0 Å². The SMILES string of the molecule is Cc1nc2ccccc2c(C)c1C(=O)OC(C)C(=O)Nc1ccccc1-c1ccccc1. The fourth-order valence-electron chi connectivity index (χ4n) is 3.80. The van der Waals surface area contributed by atoms with Gasteiger partial charge in [-0.05, 0) is 44.0 Å². The van der Waals surface area contributed by atoms with Crippen LogP contribution in [-0.2, 0) is 9.53 Å². The number of hydrogen-bond donors (Lipinski definition) is 1. The van der Waals surface area contributed by atoms with Crippen LogP contribution in [0.2, 0.25) is 0 Å². The molecular weight excluding hydrogens is 400 g/mol. The van der Waals surface area contributed by atoms with Gasteiger partial charge in [-0.2, -0.15) is 0 Å². The van der Waals surface area contributed by atoms with Crippen LogP contribution >= 0.6 is 0 Å². The van der Waals surface area contributed by atoms with E-state index in [9.17, 15) is 9.59 Å². The van der Waals surface area contributed by atoms with Gasteiger partial charge in [0.2, 0.25) is 0 Å². The highest BCUT2D eigenvalue weighted by Gasteiger charge is 2.23. The third-order valence-corrected chi connectivity index (χ3v) is 5.46. The normalized spacial score (nSPS) is 11.7. The van der Waals surface area contributed by atoms with Gasteiger partial charge in [0.15, 0.2) is 6.10 Å².